The van der Waals surface area contributed by atoms with Crippen LogP contribution >= 0.6 is 0 Å². The van der Waals surface area contributed by atoms with Gasteiger partial charge in [0.15, 0.2) is 11.5 Å². The van der Waals surface area contributed by atoms with Crippen molar-refractivity contribution < 1.29 is 18.9 Å². The Balaban J connectivity index is 1.97. The maximum Gasteiger partial charge on any atom is 0.204 e. The fourth-order valence-electron chi connectivity index (χ4n) is 4.16. The first kappa shape index (κ1) is 18.3. The van der Waals surface area contributed by atoms with Crippen LogP contribution in [0.25, 0.3) is 33.3 Å². The van der Waals surface area contributed by atoms with Gasteiger partial charge in [0.2, 0.25) is 5.75 Å². The summed E-state index contributed by atoms with van der Waals surface area (Å²) in [7, 11) is 4.86. The monoisotopic (exact) mass is 399 g/mol. The summed E-state index contributed by atoms with van der Waals surface area (Å²) < 4.78 is 23.2. The van der Waals surface area contributed by atoms with Gasteiger partial charge in [-0.2, -0.15) is 0 Å². The molecule has 1 aromatic heterocycles. The number of methoxy groups -OCH3 is 3. The van der Waals surface area contributed by atoms with Crippen LogP contribution in [0.3, 0.4) is 0 Å². The maximum atomic E-state index is 6.10. The van der Waals surface area contributed by atoms with Gasteiger partial charge in [-0.25, -0.2) is 4.98 Å². The number of aromatic nitrogens is 1. The standard InChI is InChI=1S/C25H21NO4/c1-27-20-13-18-22(25(29-3)24(20)28-2)21(15-9-5-4-6-10-15)17-14-30-19-12-8-7-11-16(19)23(17)26-18/h4-13H,14H2,1-3H3. The number of hydrogen-bond donors (Lipinski definition) is 0. The lowest BCUT2D eigenvalue weighted by Gasteiger charge is -2.25. The number of benzene rings is 3. The van der Waals surface area contributed by atoms with Crippen molar-refractivity contribution in [3.8, 4) is 45.4 Å². The van der Waals surface area contributed by atoms with Crippen LogP contribution in [-0.2, 0) is 6.61 Å². The zero-order chi connectivity index (χ0) is 20.7. The van der Waals surface area contributed by atoms with Gasteiger partial charge >= 0.3 is 0 Å². The Labute approximate surface area is 174 Å². The average molecular weight is 399 g/mol. The molecular formula is C25H21NO4. The van der Waals surface area contributed by atoms with E-state index >= 15 is 0 Å². The van der Waals surface area contributed by atoms with Gasteiger partial charge in [-0.05, 0) is 17.7 Å². The molecule has 0 radical (unpaired) electrons. The molecule has 0 spiro atoms. The normalized spacial score (nSPS) is 12.0. The zero-order valence-corrected chi connectivity index (χ0v) is 17.1. The molecule has 3 aromatic carbocycles. The highest BCUT2D eigenvalue weighted by Crippen LogP contribution is 2.50. The lowest BCUT2D eigenvalue weighted by atomic mass is 9.90. The summed E-state index contributed by atoms with van der Waals surface area (Å²) in [6.45, 7) is 0.428. The first-order chi connectivity index (χ1) is 14.8. The molecule has 0 unspecified atom stereocenters. The van der Waals surface area contributed by atoms with Crippen molar-refractivity contribution in [1.29, 1.82) is 0 Å². The third-order valence-corrected chi connectivity index (χ3v) is 5.46. The summed E-state index contributed by atoms with van der Waals surface area (Å²) >= 11 is 0. The van der Waals surface area contributed by atoms with Crippen molar-refractivity contribution in [1.82, 2.24) is 4.98 Å². The quantitative estimate of drug-likeness (QED) is 0.454. The molecule has 0 saturated heterocycles. The van der Waals surface area contributed by atoms with Crippen LogP contribution in [0.5, 0.6) is 23.0 Å². The van der Waals surface area contributed by atoms with Gasteiger partial charge < -0.3 is 18.9 Å². The number of rotatable bonds is 4. The van der Waals surface area contributed by atoms with Crippen LogP contribution in [0.2, 0.25) is 0 Å². The van der Waals surface area contributed by atoms with E-state index in [4.69, 9.17) is 23.9 Å². The fraction of sp³-hybridized carbons (Fsp3) is 0.160. The molecule has 0 fully saturated rings. The lowest BCUT2D eigenvalue weighted by Crippen LogP contribution is -2.10. The van der Waals surface area contributed by atoms with E-state index in [0.29, 0.717) is 23.9 Å². The molecule has 2 heterocycles. The maximum absolute atomic E-state index is 6.10. The molecule has 5 heteroatoms. The third-order valence-electron chi connectivity index (χ3n) is 5.46. The molecule has 0 N–H and O–H groups in total. The van der Waals surface area contributed by atoms with Gasteiger partial charge in [-0.1, -0.05) is 42.5 Å². The Kier molecular flexibility index (Phi) is 4.43. The van der Waals surface area contributed by atoms with E-state index in [2.05, 4.69) is 12.1 Å². The molecule has 30 heavy (non-hydrogen) atoms. The molecule has 0 atom stereocenters. The van der Waals surface area contributed by atoms with Crippen LogP contribution in [-0.4, -0.2) is 26.3 Å². The molecule has 0 bridgehead atoms. The van der Waals surface area contributed by atoms with Crippen LogP contribution in [0, 0.1) is 0 Å². The summed E-state index contributed by atoms with van der Waals surface area (Å²) in [5, 5.41) is 0.878. The van der Waals surface area contributed by atoms with Crippen LogP contribution < -0.4 is 18.9 Å². The van der Waals surface area contributed by atoms with Gasteiger partial charge in [0, 0.05) is 22.8 Å². The minimum absolute atomic E-state index is 0.428. The number of para-hydroxylation sites is 1. The van der Waals surface area contributed by atoms with E-state index in [0.717, 1.165) is 44.6 Å². The Morgan fingerprint density at radius 3 is 2.30 bits per heavy atom. The molecular weight excluding hydrogens is 378 g/mol. The van der Waals surface area contributed by atoms with Gasteiger partial charge in [-0.15, -0.1) is 0 Å². The Morgan fingerprint density at radius 1 is 0.833 bits per heavy atom. The predicted octanol–water partition coefficient (Wildman–Crippen LogP) is 5.49. The first-order valence-corrected chi connectivity index (χ1v) is 9.70. The number of pyridine rings is 1. The van der Waals surface area contributed by atoms with Crippen LogP contribution in [0.1, 0.15) is 5.56 Å². The van der Waals surface area contributed by atoms with Crippen LogP contribution in [0.15, 0.2) is 60.7 Å². The Bertz CT molecular complexity index is 1250. The van der Waals surface area contributed by atoms with Crippen molar-refractivity contribution in [3.05, 3.63) is 66.2 Å². The Hall–Kier alpha value is -3.73. The summed E-state index contributed by atoms with van der Waals surface area (Å²) in [5.74, 6) is 2.56. The predicted molar refractivity (Wildman–Crippen MR) is 117 cm³/mol. The summed E-state index contributed by atoms with van der Waals surface area (Å²) in [6, 6.07) is 20.1. The second-order valence-electron chi connectivity index (χ2n) is 7.00. The first-order valence-electron chi connectivity index (χ1n) is 9.70. The van der Waals surface area contributed by atoms with Gasteiger partial charge in [-0.3, -0.25) is 0 Å². The molecule has 0 amide bonds. The van der Waals surface area contributed by atoms with E-state index in [-0.39, 0.29) is 0 Å². The van der Waals surface area contributed by atoms with E-state index in [9.17, 15) is 0 Å². The summed E-state index contributed by atoms with van der Waals surface area (Å²) in [5.41, 5.74) is 5.79. The van der Waals surface area contributed by atoms with Gasteiger partial charge in [0.1, 0.15) is 12.4 Å². The van der Waals surface area contributed by atoms with E-state index < -0.39 is 0 Å². The summed E-state index contributed by atoms with van der Waals surface area (Å²) in [6.07, 6.45) is 0. The van der Waals surface area contributed by atoms with Crippen molar-refractivity contribution in [3.63, 3.8) is 0 Å². The highest BCUT2D eigenvalue weighted by Gasteiger charge is 2.28. The molecule has 5 rings (SSSR count). The number of fused-ring (bicyclic) bond motifs is 4. The third kappa shape index (κ3) is 2.66. The van der Waals surface area contributed by atoms with Gasteiger partial charge in [0.05, 0.1) is 37.9 Å². The van der Waals surface area contributed by atoms with Crippen molar-refractivity contribution in [2.75, 3.05) is 21.3 Å². The van der Waals surface area contributed by atoms with Crippen LogP contribution in [0.4, 0.5) is 0 Å². The van der Waals surface area contributed by atoms with E-state index in [1.54, 1.807) is 21.3 Å². The zero-order valence-electron chi connectivity index (χ0n) is 17.1. The minimum atomic E-state index is 0.428. The number of hydrogen-bond acceptors (Lipinski definition) is 5. The SMILES string of the molecule is COc1cc2nc3c(c(-c4ccccc4)c2c(OC)c1OC)COc1ccccc1-3. The molecule has 0 aliphatic carbocycles. The molecule has 1 aliphatic rings. The van der Waals surface area contributed by atoms with Crippen molar-refractivity contribution in [2.45, 2.75) is 6.61 Å². The topological polar surface area (TPSA) is 49.8 Å². The minimum Gasteiger partial charge on any atom is -0.493 e. The molecule has 0 saturated carbocycles. The highest BCUT2D eigenvalue weighted by atomic mass is 16.5. The fourth-order valence-corrected chi connectivity index (χ4v) is 4.16. The van der Waals surface area contributed by atoms with Gasteiger partial charge in [0.25, 0.3) is 0 Å². The lowest BCUT2D eigenvalue weighted by molar-refractivity contribution is 0.302. The largest absolute Gasteiger partial charge is 0.493 e. The second kappa shape index (κ2) is 7.26. The van der Waals surface area contributed by atoms with E-state index in [1.807, 2.05) is 48.5 Å². The average Bonchev–Trinajstić information content (AvgIpc) is 2.81. The summed E-state index contributed by atoms with van der Waals surface area (Å²) in [4.78, 5) is 5.04. The highest BCUT2D eigenvalue weighted by molar-refractivity contribution is 6.05. The number of ether oxygens (including phenoxy) is 4. The smallest absolute Gasteiger partial charge is 0.204 e. The van der Waals surface area contributed by atoms with Crippen molar-refractivity contribution >= 4 is 10.9 Å². The number of nitrogens with zero attached hydrogens (tertiary/aromatic N) is 1. The molecule has 4 aromatic rings. The van der Waals surface area contributed by atoms with E-state index in [1.165, 1.54) is 0 Å². The van der Waals surface area contributed by atoms with Crippen molar-refractivity contribution in [2.24, 2.45) is 0 Å². The molecule has 5 nitrogen and oxygen atoms in total. The Morgan fingerprint density at radius 2 is 1.57 bits per heavy atom. The molecule has 150 valence electrons. The second-order valence-corrected chi connectivity index (χ2v) is 7.00. The molecule has 1 aliphatic heterocycles.